The molecule has 1 N–H and O–H groups in total. The molecular weight excluding hydrogens is 300 g/mol. The number of aryl methyl sites for hydroxylation is 1. The molecule has 0 bridgehead atoms. The van der Waals surface area contributed by atoms with Crippen LogP contribution in [0, 0.1) is 6.92 Å². The van der Waals surface area contributed by atoms with Gasteiger partial charge in [-0.3, -0.25) is 24.1 Å². The van der Waals surface area contributed by atoms with Gasteiger partial charge in [0.1, 0.15) is 6.54 Å². The zero-order valence-electron chi connectivity index (χ0n) is 13.0. The first-order valence-corrected chi connectivity index (χ1v) is 7.24. The van der Waals surface area contributed by atoms with Gasteiger partial charge in [0.15, 0.2) is 0 Å². The molecule has 0 aromatic heterocycles. The molecule has 1 aromatic carbocycles. The van der Waals surface area contributed by atoms with Crippen LogP contribution < -0.4 is 0 Å². The first-order valence-electron chi connectivity index (χ1n) is 7.24. The highest BCUT2D eigenvalue weighted by Crippen LogP contribution is 2.23. The Morgan fingerprint density at radius 2 is 1.83 bits per heavy atom. The van der Waals surface area contributed by atoms with Gasteiger partial charge < -0.3 is 10.0 Å². The first-order chi connectivity index (χ1) is 10.8. The Balaban J connectivity index is 2.01. The number of nitrogens with zero attached hydrogens (tertiary/aromatic N) is 2. The van der Waals surface area contributed by atoms with Gasteiger partial charge in [-0.25, -0.2) is 0 Å². The van der Waals surface area contributed by atoms with Crippen LogP contribution in [0.25, 0.3) is 0 Å². The van der Waals surface area contributed by atoms with Gasteiger partial charge in [0, 0.05) is 20.0 Å². The van der Waals surface area contributed by atoms with Gasteiger partial charge in [-0.1, -0.05) is 11.6 Å². The van der Waals surface area contributed by atoms with Crippen LogP contribution in [0.4, 0.5) is 0 Å². The van der Waals surface area contributed by atoms with Crippen molar-refractivity contribution in [3.63, 3.8) is 0 Å². The van der Waals surface area contributed by atoms with E-state index in [4.69, 9.17) is 5.11 Å². The maximum atomic E-state index is 12.3. The van der Waals surface area contributed by atoms with Crippen molar-refractivity contribution in [3.8, 4) is 0 Å². The quantitative estimate of drug-likeness (QED) is 0.787. The molecule has 0 spiro atoms. The van der Waals surface area contributed by atoms with E-state index in [1.165, 1.54) is 11.9 Å². The van der Waals surface area contributed by atoms with Gasteiger partial charge in [0.25, 0.3) is 11.8 Å². The number of likely N-dealkylation sites (N-methyl/N-ethyl adjacent to an activating group) is 1. The minimum atomic E-state index is -0.929. The van der Waals surface area contributed by atoms with Crippen LogP contribution in [0.1, 0.15) is 39.1 Å². The molecule has 0 atom stereocenters. The summed E-state index contributed by atoms with van der Waals surface area (Å²) in [7, 11) is 1.52. The van der Waals surface area contributed by atoms with Crippen LogP contribution in [0.15, 0.2) is 18.2 Å². The highest BCUT2D eigenvalue weighted by molar-refractivity contribution is 6.22. The van der Waals surface area contributed by atoms with Crippen LogP contribution in [0.5, 0.6) is 0 Å². The minimum Gasteiger partial charge on any atom is -0.481 e. The summed E-state index contributed by atoms with van der Waals surface area (Å²) in [5.74, 6) is -2.28. The van der Waals surface area contributed by atoms with Crippen LogP contribution in [-0.2, 0) is 9.59 Å². The van der Waals surface area contributed by atoms with Crippen LogP contribution in [0.2, 0.25) is 0 Å². The smallest absolute Gasteiger partial charge is 0.303 e. The second kappa shape index (κ2) is 6.60. The number of rotatable bonds is 6. The van der Waals surface area contributed by atoms with Crippen LogP contribution in [-0.4, -0.2) is 58.7 Å². The molecule has 1 heterocycles. The highest BCUT2D eigenvalue weighted by Gasteiger charge is 2.36. The summed E-state index contributed by atoms with van der Waals surface area (Å²) < 4.78 is 0. The van der Waals surface area contributed by atoms with Gasteiger partial charge in [-0.15, -0.1) is 0 Å². The number of carboxylic acids is 1. The van der Waals surface area contributed by atoms with Crippen molar-refractivity contribution in [2.75, 3.05) is 20.1 Å². The largest absolute Gasteiger partial charge is 0.481 e. The normalized spacial score (nSPS) is 13.2. The zero-order valence-corrected chi connectivity index (χ0v) is 13.0. The molecule has 0 radical (unpaired) electrons. The molecule has 0 fully saturated rings. The Labute approximate surface area is 133 Å². The summed E-state index contributed by atoms with van der Waals surface area (Å²) in [4.78, 5) is 49.4. The van der Waals surface area contributed by atoms with E-state index in [-0.39, 0.29) is 19.5 Å². The van der Waals surface area contributed by atoms with Crippen molar-refractivity contribution in [2.45, 2.75) is 19.8 Å². The van der Waals surface area contributed by atoms with E-state index in [0.29, 0.717) is 17.5 Å². The topological polar surface area (TPSA) is 95.0 Å². The Morgan fingerprint density at radius 1 is 1.17 bits per heavy atom. The fourth-order valence-electron chi connectivity index (χ4n) is 2.40. The fraction of sp³-hybridized carbons (Fsp3) is 0.375. The van der Waals surface area contributed by atoms with Gasteiger partial charge in [0.2, 0.25) is 5.91 Å². The number of carbonyl (C=O) groups is 4. The molecule has 0 unspecified atom stereocenters. The van der Waals surface area contributed by atoms with E-state index < -0.39 is 23.7 Å². The third kappa shape index (κ3) is 3.56. The number of imide groups is 1. The number of amides is 3. The van der Waals surface area contributed by atoms with Gasteiger partial charge in [0.05, 0.1) is 11.1 Å². The Bertz CT molecular complexity index is 683. The Morgan fingerprint density at radius 3 is 2.48 bits per heavy atom. The lowest BCUT2D eigenvalue weighted by Gasteiger charge is -2.20. The van der Waals surface area contributed by atoms with E-state index in [1.807, 2.05) is 6.92 Å². The molecule has 2 rings (SSSR count). The second-order valence-electron chi connectivity index (χ2n) is 5.56. The lowest BCUT2D eigenvalue weighted by molar-refractivity contribution is -0.138. The molecule has 1 aromatic rings. The fourth-order valence-corrected chi connectivity index (χ4v) is 2.40. The van der Waals surface area contributed by atoms with E-state index >= 15 is 0 Å². The van der Waals surface area contributed by atoms with Gasteiger partial charge in [-0.05, 0) is 25.5 Å². The molecule has 122 valence electrons. The third-order valence-corrected chi connectivity index (χ3v) is 3.73. The van der Waals surface area contributed by atoms with Crippen molar-refractivity contribution >= 4 is 23.7 Å². The average Bonchev–Trinajstić information content (AvgIpc) is 2.71. The first kappa shape index (κ1) is 16.7. The summed E-state index contributed by atoms with van der Waals surface area (Å²) in [6, 6.07) is 4.97. The predicted molar refractivity (Wildman–Crippen MR) is 81.1 cm³/mol. The van der Waals surface area contributed by atoms with Crippen molar-refractivity contribution in [1.29, 1.82) is 0 Å². The van der Waals surface area contributed by atoms with Crippen molar-refractivity contribution < 1.29 is 24.3 Å². The molecule has 1 aliphatic heterocycles. The predicted octanol–water partition coefficient (Wildman–Crippen LogP) is 0.914. The highest BCUT2D eigenvalue weighted by atomic mass is 16.4. The number of hydrogen-bond donors (Lipinski definition) is 1. The second-order valence-corrected chi connectivity index (χ2v) is 5.56. The standard InChI is InChI=1S/C16H18N2O5/c1-10-5-6-11-12(8-10)16(23)18(15(11)22)9-13(19)17(2)7-3-4-14(20)21/h5-6,8H,3-4,7,9H2,1-2H3,(H,20,21). The zero-order chi connectivity index (χ0) is 17.1. The van der Waals surface area contributed by atoms with E-state index in [1.54, 1.807) is 18.2 Å². The molecule has 0 saturated heterocycles. The molecule has 7 heteroatoms. The summed E-state index contributed by atoms with van der Waals surface area (Å²) >= 11 is 0. The number of carbonyl (C=O) groups excluding carboxylic acids is 3. The maximum absolute atomic E-state index is 12.3. The molecule has 0 aliphatic carbocycles. The third-order valence-electron chi connectivity index (χ3n) is 3.73. The number of carboxylic acid groups (broad SMARTS) is 1. The molecule has 23 heavy (non-hydrogen) atoms. The summed E-state index contributed by atoms with van der Waals surface area (Å²) in [5, 5.41) is 8.59. The van der Waals surface area contributed by atoms with E-state index in [0.717, 1.165) is 10.5 Å². The van der Waals surface area contributed by atoms with Crippen LogP contribution in [0.3, 0.4) is 0 Å². The van der Waals surface area contributed by atoms with Gasteiger partial charge >= 0.3 is 5.97 Å². The van der Waals surface area contributed by atoms with Gasteiger partial charge in [-0.2, -0.15) is 0 Å². The van der Waals surface area contributed by atoms with E-state index in [2.05, 4.69) is 0 Å². The van der Waals surface area contributed by atoms with Crippen LogP contribution >= 0.6 is 0 Å². The molecule has 0 saturated carbocycles. The summed E-state index contributed by atoms with van der Waals surface area (Å²) in [6.07, 6.45) is 0.281. The molecule has 7 nitrogen and oxygen atoms in total. The lowest BCUT2D eigenvalue weighted by Crippen LogP contribution is -2.41. The Kier molecular flexibility index (Phi) is 4.78. The minimum absolute atomic E-state index is 0.0378. The maximum Gasteiger partial charge on any atom is 0.303 e. The average molecular weight is 318 g/mol. The van der Waals surface area contributed by atoms with E-state index in [9.17, 15) is 19.2 Å². The number of fused-ring (bicyclic) bond motifs is 1. The van der Waals surface area contributed by atoms with Crippen molar-refractivity contribution in [1.82, 2.24) is 9.80 Å². The summed E-state index contributed by atoms with van der Waals surface area (Å²) in [5.41, 5.74) is 1.49. The molecule has 1 aliphatic rings. The number of hydrogen-bond acceptors (Lipinski definition) is 4. The SMILES string of the molecule is Cc1ccc2c(c1)C(=O)N(CC(=O)N(C)CCCC(=O)O)C2=O. The Hall–Kier alpha value is -2.70. The lowest BCUT2D eigenvalue weighted by atomic mass is 10.1. The van der Waals surface area contributed by atoms with Crippen molar-refractivity contribution in [2.24, 2.45) is 0 Å². The van der Waals surface area contributed by atoms with Crippen molar-refractivity contribution in [3.05, 3.63) is 34.9 Å². The molecular formula is C16H18N2O5. The monoisotopic (exact) mass is 318 g/mol. The number of aliphatic carboxylic acids is 1. The molecule has 3 amide bonds. The number of benzene rings is 1. The summed E-state index contributed by atoms with van der Waals surface area (Å²) in [6.45, 7) is 1.74.